The van der Waals surface area contributed by atoms with E-state index < -0.39 is 0 Å². The van der Waals surface area contributed by atoms with Crippen LogP contribution in [0.15, 0.2) is 444 Å². The molecule has 0 aliphatic rings. The lowest BCUT2D eigenvalue weighted by atomic mass is 9.92. The van der Waals surface area contributed by atoms with Gasteiger partial charge in [0.15, 0.2) is 28.9 Å². The van der Waals surface area contributed by atoms with Crippen molar-refractivity contribution in [3.8, 4) is 90.8 Å². The van der Waals surface area contributed by atoms with Crippen molar-refractivity contribution >= 4 is 185 Å². The van der Waals surface area contributed by atoms with E-state index in [1.807, 2.05) is 97.1 Å². The molecule has 0 fully saturated rings. The number of furan rings is 3. The van der Waals surface area contributed by atoms with Crippen molar-refractivity contribution in [2.75, 3.05) is 0 Å². The second-order valence-corrected chi connectivity index (χ2v) is 34.4. The Bertz CT molecular complexity index is 9800. The van der Waals surface area contributed by atoms with Crippen molar-refractivity contribution < 1.29 is 13.3 Å². The minimum absolute atomic E-state index is 0.551. The van der Waals surface area contributed by atoms with Crippen molar-refractivity contribution in [1.82, 2.24) is 43.2 Å². The Morgan fingerprint density at radius 1 is 0.158 bits per heavy atom. The molecule has 0 amide bonds. The van der Waals surface area contributed by atoms with E-state index >= 15 is 0 Å². The van der Waals surface area contributed by atoms with Crippen molar-refractivity contribution in [1.29, 1.82) is 0 Å². The number of aromatic nitrogens is 9. The number of rotatable bonds is 10. The van der Waals surface area contributed by atoms with Crippen LogP contribution in [0.2, 0.25) is 0 Å². The predicted molar refractivity (Wildman–Crippen MR) is 546 cm³/mol. The van der Waals surface area contributed by atoms with Crippen molar-refractivity contribution in [3.63, 3.8) is 0 Å². The summed E-state index contributed by atoms with van der Waals surface area (Å²) in [5.41, 5.74) is 26.0. The molecule has 0 unspecified atom stereocenters. The highest BCUT2D eigenvalue weighted by atomic mass is 16.3. The van der Waals surface area contributed by atoms with E-state index in [0.717, 1.165) is 183 Å². The molecule has 0 saturated heterocycles. The molecule has 0 aliphatic heterocycles. The molecule has 0 atom stereocenters. The standard InChI is InChI=1S/C64H38N4O.C57H33N5O2/c1-3-15-39(16-4-1)56-38-57(40-17-5-2-6-18-40)66-64(65-56)41-27-30-46-47-31-28-42(34-52(47)45-20-8-7-19-44(45)51(46)33-41)67-58-24-12-9-21-48(58)53-35-43(29-32-60(53)67)68-59-25-13-10-22-49(59)54-37-63-55(36-61(54)68)50-23-11-14-26-62(50)69-63;1-3-15-34(16-4-1)55-58-56(35-17-5-2-6-18-35)60-57(59-55)42-24-13-22-40-41-23-14-27-49(54(41)64-53(40)42)62-47-26-11-8-19-37(47)43-31-36(29-30-48(43)62)61-46-25-10-7-20-38(46)44-33-52-45(32-50(44)61)39-21-9-12-28-51(39)63-52/h1-38H;1-33H. The molecule has 20 aromatic carbocycles. The molecule has 0 spiro atoms. The van der Waals surface area contributed by atoms with Gasteiger partial charge in [0.2, 0.25) is 0 Å². The fourth-order valence-corrected chi connectivity index (χ4v) is 21.1. The van der Waals surface area contributed by atoms with Crippen molar-refractivity contribution in [2.24, 2.45) is 0 Å². The van der Waals surface area contributed by atoms with Gasteiger partial charge in [0.05, 0.1) is 66.8 Å². The average molecular weight is 1700 g/mol. The van der Waals surface area contributed by atoms with Gasteiger partial charge in [-0.1, -0.05) is 297 Å². The normalized spacial score (nSPS) is 12.1. The predicted octanol–water partition coefficient (Wildman–Crippen LogP) is 31.9. The van der Waals surface area contributed by atoms with Gasteiger partial charge in [-0.15, -0.1) is 0 Å². The fourth-order valence-electron chi connectivity index (χ4n) is 21.1. The van der Waals surface area contributed by atoms with Crippen LogP contribution in [0.5, 0.6) is 0 Å². The summed E-state index contributed by atoms with van der Waals surface area (Å²) < 4.78 is 29.4. The molecule has 29 aromatic rings. The highest BCUT2D eigenvalue weighted by Gasteiger charge is 2.27. The van der Waals surface area contributed by atoms with Gasteiger partial charge in [-0.05, 0) is 166 Å². The van der Waals surface area contributed by atoms with Crippen LogP contribution < -0.4 is 0 Å². The fraction of sp³-hybridized carbons (Fsp3) is 0. The summed E-state index contributed by atoms with van der Waals surface area (Å²) >= 11 is 0. The molecule has 0 saturated carbocycles. The zero-order chi connectivity index (χ0) is 87.0. The maximum absolute atomic E-state index is 7.09. The largest absolute Gasteiger partial charge is 0.456 e. The Kier molecular flexibility index (Phi) is 16.3. The second kappa shape index (κ2) is 29.2. The minimum atomic E-state index is 0.551. The van der Waals surface area contributed by atoms with Crippen molar-refractivity contribution in [3.05, 3.63) is 431 Å². The van der Waals surface area contributed by atoms with Crippen LogP contribution in [-0.2, 0) is 0 Å². The van der Waals surface area contributed by atoms with Crippen LogP contribution in [0.25, 0.3) is 276 Å². The highest BCUT2D eigenvalue weighted by molar-refractivity contribution is 6.27. The summed E-state index contributed by atoms with van der Waals surface area (Å²) in [6.07, 6.45) is 0. The smallest absolute Gasteiger partial charge is 0.167 e. The average Bonchev–Trinajstić information content (AvgIpc) is 1.54. The van der Waals surface area contributed by atoms with E-state index in [-0.39, 0.29) is 0 Å². The van der Waals surface area contributed by atoms with E-state index in [2.05, 4.69) is 352 Å². The first-order valence-electron chi connectivity index (χ1n) is 44.9. The van der Waals surface area contributed by atoms with Crippen LogP contribution >= 0.6 is 0 Å². The third kappa shape index (κ3) is 11.6. The number of nitrogens with zero attached hydrogens (tertiary/aromatic N) is 9. The first-order valence-corrected chi connectivity index (χ1v) is 44.9. The monoisotopic (exact) mass is 1700 g/mol. The number of benzene rings is 20. The number of fused-ring (bicyclic) bond motifs is 27. The summed E-state index contributed by atoms with van der Waals surface area (Å²) in [6.45, 7) is 0. The third-order valence-electron chi connectivity index (χ3n) is 27.1. The van der Waals surface area contributed by atoms with Crippen LogP contribution in [0.1, 0.15) is 0 Å². The molecule has 0 bridgehead atoms. The summed E-state index contributed by atoms with van der Waals surface area (Å²) in [5, 5.41) is 23.1. The summed E-state index contributed by atoms with van der Waals surface area (Å²) in [5.74, 6) is 2.46. The third-order valence-corrected chi connectivity index (χ3v) is 27.1. The Balaban J connectivity index is 0.000000133. The summed E-state index contributed by atoms with van der Waals surface area (Å²) in [7, 11) is 0. The van der Waals surface area contributed by atoms with Gasteiger partial charge in [-0.25, -0.2) is 24.9 Å². The Morgan fingerprint density at radius 3 is 1.01 bits per heavy atom. The van der Waals surface area contributed by atoms with Gasteiger partial charge in [0, 0.05) is 120 Å². The van der Waals surface area contributed by atoms with Gasteiger partial charge in [-0.2, -0.15) is 0 Å². The van der Waals surface area contributed by atoms with Gasteiger partial charge in [0.1, 0.15) is 27.9 Å². The van der Waals surface area contributed by atoms with Gasteiger partial charge in [0.25, 0.3) is 0 Å². The van der Waals surface area contributed by atoms with Crippen LogP contribution in [0.4, 0.5) is 0 Å². The molecule has 29 rings (SSSR count). The molecule has 133 heavy (non-hydrogen) atoms. The number of hydrogen-bond donors (Lipinski definition) is 0. The van der Waals surface area contributed by atoms with E-state index in [1.54, 1.807) is 0 Å². The highest BCUT2D eigenvalue weighted by Crippen LogP contribution is 2.48. The van der Waals surface area contributed by atoms with E-state index in [9.17, 15) is 0 Å². The lowest BCUT2D eigenvalue weighted by molar-refractivity contribution is 0.667. The molecular weight excluding hydrogens is 1630 g/mol. The van der Waals surface area contributed by atoms with E-state index in [4.69, 9.17) is 38.2 Å². The zero-order valence-corrected chi connectivity index (χ0v) is 71.2. The maximum atomic E-state index is 7.09. The quantitative estimate of drug-likeness (QED) is 0.124. The second-order valence-electron chi connectivity index (χ2n) is 34.4. The van der Waals surface area contributed by atoms with Crippen LogP contribution in [0, 0.1) is 0 Å². The molecule has 9 aromatic heterocycles. The lowest BCUT2D eigenvalue weighted by Crippen LogP contribution is -2.00. The summed E-state index contributed by atoms with van der Waals surface area (Å²) in [6, 6.07) is 152. The molecule has 0 radical (unpaired) electrons. The lowest BCUT2D eigenvalue weighted by Gasteiger charge is -2.15. The van der Waals surface area contributed by atoms with Crippen LogP contribution in [-0.4, -0.2) is 43.2 Å². The molecule has 12 nitrogen and oxygen atoms in total. The van der Waals surface area contributed by atoms with Crippen molar-refractivity contribution in [2.45, 2.75) is 0 Å². The zero-order valence-electron chi connectivity index (χ0n) is 71.2. The molecule has 618 valence electrons. The summed E-state index contributed by atoms with van der Waals surface area (Å²) in [4.78, 5) is 25.5. The molecule has 0 aliphatic carbocycles. The maximum Gasteiger partial charge on any atom is 0.167 e. The van der Waals surface area contributed by atoms with Crippen LogP contribution in [0.3, 0.4) is 0 Å². The van der Waals surface area contributed by atoms with Gasteiger partial charge < -0.3 is 31.5 Å². The first-order chi connectivity index (χ1) is 65.9. The topological polar surface area (TPSA) is 124 Å². The molecule has 0 N–H and O–H groups in total. The van der Waals surface area contributed by atoms with E-state index in [0.29, 0.717) is 23.3 Å². The Hall–Kier alpha value is -18.1. The number of hydrogen-bond acceptors (Lipinski definition) is 8. The molecule has 12 heteroatoms. The van der Waals surface area contributed by atoms with Gasteiger partial charge in [-0.3, -0.25) is 0 Å². The Morgan fingerprint density at radius 2 is 0.504 bits per heavy atom. The van der Waals surface area contributed by atoms with Gasteiger partial charge >= 0.3 is 0 Å². The minimum Gasteiger partial charge on any atom is -0.456 e. The molecule has 9 heterocycles. The SMILES string of the molecule is c1ccc(-c2cc(-c3ccccc3)nc(-c3ccc4c5ccc(-n6c7ccccc7c7cc(-n8c9ccccc9c9cc%10oc%11ccccc%11c%10cc98)ccc76)cc5c5ccccc5c4c3)n2)cc1.c1ccc(-c2nc(-c3ccccc3)nc(-c3cccc4c3oc3c(-n5c6ccccc6c6cc(-n7c8ccccc8c8cc9oc%10ccccc%10c9cc87)ccc65)cccc34)n2)cc1. The first kappa shape index (κ1) is 74.0. The van der Waals surface area contributed by atoms with E-state index in [1.165, 1.54) is 70.3 Å². The molecular formula is C121H71N9O3. The Labute approximate surface area is 758 Å². The number of para-hydroxylation sites is 8.